The van der Waals surface area contributed by atoms with Crippen LogP contribution in [0, 0.1) is 5.41 Å². The van der Waals surface area contributed by atoms with Gasteiger partial charge in [-0.3, -0.25) is 4.79 Å². The Bertz CT molecular complexity index is 829. The second-order valence-corrected chi connectivity index (χ2v) is 8.38. The fourth-order valence-corrected chi connectivity index (χ4v) is 4.15. The predicted molar refractivity (Wildman–Crippen MR) is 121 cm³/mol. The smallest absolute Gasteiger partial charge is 0.226 e. The minimum Gasteiger partial charge on any atom is -0.496 e. The van der Waals surface area contributed by atoms with E-state index in [9.17, 15) is 4.79 Å². The lowest BCUT2D eigenvalue weighted by Crippen LogP contribution is -2.46. The largest absolute Gasteiger partial charge is 0.496 e. The molecule has 0 unspecified atom stereocenters. The lowest BCUT2D eigenvalue weighted by atomic mass is 9.74. The van der Waals surface area contributed by atoms with Gasteiger partial charge in [-0.1, -0.05) is 42.5 Å². The van der Waals surface area contributed by atoms with Crippen molar-refractivity contribution in [3.63, 3.8) is 0 Å². The highest BCUT2D eigenvalue weighted by atomic mass is 16.5. The molecular formula is C25H34N2O3. The fraction of sp³-hybridized carbons (Fsp3) is 0.480. The van der Waals surface area contributed by atoms with Crippen molar-refractivity contribution >= 4 is 5.91 Å². The van der Waals surface area contributed by atoms with Crippen LogP contribution in [0.15, 0.2) is 48.5 Å². The van der Waals surface area contributed by atoms with E-state index in [-0.39, 0.29) is 5.91 Å². The van der Waals surface area contributed by atoms with Crippen LogP contribution < -0.4 is 10.1 Å². The van der Waals surface area contributed by atoms with Gasteiger partial charge < -0.3 is 19.7 Å². The molecule has 5 heteroatoms. The van der Waals surface area contributed by atoms with Gasteiger partial charge in [0.15, 0.2) is 0 Å². The molecule has 1 aliphatic heterocycles. The van der Waals surface area contributed by atoms with Crippen LogP contribution in [-0.4, -0.2) is 58.3 Å². The average Bonchev–Trinajstić information content (AvgIpc) is 2.77. The number of benzene rings is 2. The first-order chi connectivity index (χ1) is 14.5. The molecule has 0 aromatic heterocycles. The van der Waals surface area contributed by atoms with Crippen molar-refractivity contribution in [1.29, 1.82) is 0 Å². The van der Waals surface area contributed by atoms with Gasteiger partial charge in [-0.25, -0.2) is 0 Å². The minimum atomic E-state index is -0.407. The Kier molecular flexibility index (Phi) is 7.88. The van der Waals surface area contributed by atoms with E-state index in [0.717, 1.165) is 49.1 Å². The van der Waals surface area contributed by atoms with Gasteiger partial charge in [-0.15, -0.1) is 0 Å². The molecule has 5 nitrogen and oxygen atoms in total. The zero-order valence-corrected chi connectivity index (χ0v) is 18.4. The molecule has 1 N–H and O–H groups in total. The van der Waals surface area contributed by atoms with E-state index < -0.39 is 5.41 Å². The molecule has 1 saturated heterocycles. The summed E-state index contributed by atoms with van der Waals surface area (Å²) in [6, 6.07) is 16.5. The fourth-order valence-electron chi connectivity index (χ4n) is 4.15. The molecule has 0 radical (unpaired) electrons. The van der Waals surface area contributed by atoms with E-state index in [1.165, 1.54) is 5.56 Å². The standard InChI is InChI=1S/C25H34N2O3/c1-27(2)15-7-14-26-24(28)25(12-16-30-17-13-25)19-20-8-6-9-21(18-20)22-10-4-5-11-23(22)29-3/h4-6,8-11,18H,7,12-17,19H2,1-3H3,(H,26,28). The molecule has 1 amide bonds. The van der Waals surface area contributed by atoms with Crippen molar-refractivity contribution < 1.29 is 14.3 Å². The predicted octanol–water partition coefficient (Wildman–Crippen LogP) is 3.77. The van der Waals surface area contributed by atoms with Crippen LogP contribution in [0.4, 0.5) is 0 Å². The molecule has 0 saturated carbocycles. The van der Waals surface area contributed by atoms with Gasteiger partial charge in [0.2, 0.25) is 5.91 Å². The molecule has 3 rings (SSSR count). The maximum atomic E-state index is 13.2. The van der Waals surface area contributed by atoms with Crippen molar-refractivity contribution in [2.45, 2.75) is 25.7 Å². The Morgan fingerprint density at radius 3 is 2.63 bits per heavy atom. The quantitative estimate of drug-likeness (QED) is 0.640. The van der Waals surface area contributed by atoms with Gasteiger partial charge in [-0.05, 0) is 63.5 Å². The summed E-state index contributed by atoms with van der Waals surface area (Å²) in [6.07, 6.45) is 3.18. The summed E-state index contributed by atoms with van der Waals surface area (Å²) >= 11 is 0. The first-order valence-corrected chi connectivity index (χ1v) is 10.8. The molecule has 2 aromatic rings. The minimum absolute atomic E-state index is 0.159. The van der Waals surface area contributed by atoms with Crippen LogP contribution in [0.5, 0.6) is 5.75 Å². The Balaban J connectivity index is 1.77. The zero-order chi connectivity index (χ0) is 21.4. The van der Waals surface area contributed by atoms with Crippen molar-refractivity contribution in [1.82, 2.24) is 10.2 Å². The highest BCUT2D eigenvalue weighted by Crippen LogP contribution is 2.36. The normalized spacial score (nSPS) is 15.7. The number of rotatable bonds is 9. The van der Waals surface area contributed by atoms with E-state index in [2.05, 4.69) is 54.6 Å². The van der Waals surface area contributed by atoms with Gasteiger partial charge in [0, 0.05) is 25.3 Å². The van der Waals surface area contributed by atoms with E-state index in [1.54, 1.807) is 7.11 Å². The lowest BCUT2D eigenvalue weighted by Gasteiger charge is -2.36. The molecule has 1 heterocycles. The van der Waals surface area contributed by atoms with Gasteiger partial charge >= 0.3 is 0 Å². The first kappa shape index (κ1) is 22.3. The topological polar surface area (TPSA) is 50.8 Å². The summed E-state index contributed by atoms with van der Waals surface area (Å²) in [5.41, 5.74) is 2.94. The Hall–Kier alpha value is -2.37. The third-order valence-corrected chi connectivity index (χ3v) is 5.89. The number of carbonyl (C=O) groups excluding carboxylic acids is 1. The summed E-state index contributed by atoms with van der Waals surface area (Å²) < 4.78 is 11.1. The molecule has 30 heavy (non-hydrogen) atoms. The second kappa shape index (κ2) is 10.6. The van der Waals surface area contributed by atoms with Crippen molar-refractivity contribution in [2.75, 3.05) is 47.5 Å². The number of amides is 1. The molecule has 0 bridgehead atoms. The molecule has 1 aliphatic rings. The number of para-hydroxylation sites is 1. The molecule has 162 valence electrons. The van der Waals surface area contributed by atoms with Crippen LogP contribution in [0.25, 0.3) is 11.1 Å². The van der Waals surface area contributed by atoms with Crippen molar-refractivity contribution in [3.8, 4) is 16.9 Å². The van der Waals surface area contributed by atoms with Crippen molar-refractivity contribution in [3.05, 3.63) is 54.1 Å². The van der Waals surface area contributed by atoms with E-state index in [1.807, 2.05) is 18.2 Å². The SMILES string of the molecule is COc1ccccc1-c1cccc(CC2(C(=O)NCCCN(C)C)CCOCC2)c1. The van der Waals surface area contributed by atoms with Crippen LogP contribution in [-0.2, 0) is 16.0 Å². The highest BCUT2D eigenvalue weighted by molar-refractivity contribution is 5.83. The maximum Gasteiger partial charge on any atom is 0.226 e. The molecule has 0 atom stereocenters. The van der Waals surface area contributed by atoms with Crippen LogP contribution in [0.1, 0.15) is 24.8 Å². The number of ether oxygens (including phenoxy) is 2. The summed E-state index contributed by atoms with van der Waals surface area (Å²) in [6.45, 7) is 2.95. The number of nitrogens with one attached hydrogen (secondary N) is 1. The Morgan fingerprint density at radius 2 is 1.90 bits per heavy atom. The maximum absolute atomic E-state index is 13.2. The van der Waals surface area contributed by atoms with Gasteiger partial charge in [0.1, 0.15) is 5.75 Å². The molecule has 0 aliphatic carbocycles. The van der Waals surface area contributed by atoms with Gasteiger partial charge in [0.05, 0.1) is 12.5 Å². The summed E-state index contributed by atoms with van der Waals surface area (Å²) in [7, 11) is 5.80. The zero-order valence-electron chi connectivity index (χ0n) is 18.4. The number of carbonyl (C=O) groups is 1. The molecular weight excluding hydrogens is 376 g/mol. The number of methoxy groups -OCH3 is 1. The van der Waals surface area contributed by atoms with Crippen LogP contribution in [0.3, 0.4) is 0 Å². The monoisotopic (exact) mass is 410 g/mol. The molecule has 0 spiro atoms. The highest BCUT2D eigenvalue weighted by Gasteiger charge is 2.39. The van der Waals surface area contributed by atoms with E-state index in [0.29, 0.717) is 19.8 Å². The summed E-state index contributed by atoms with van der Waals surface area (Å²) in [5.74, 6) is 1.02. The number of nitrogens with zero attached hydrogens (tertiary/aromatic N) is 1. The van der Waals surface area contributed by atoms with E-state index in [4.69, 9.17) is 9.47 Å². The summed E-state index contributed by atoms with van der Waals surface area (Å²) in [4.78, 5) is 15.4. The second-order valence-electron chi connectivity index (χ2n) is 8.38. The number of hydrogen-bond acceptors (Lipinski definition) is 4. The third-order valence-electron chi connectivity index (χ3n) is 5.89. The third kappa shape index (κ3) is 5.61. The van der Waals surface area contributed by atoms with Crippen molar-refractivity contribution in [2.24, 2.45) is 5.41 Å². The number of hydrogen-bond donors (Lipinski definition) is 1. The van der Waals surface area contributed by atoms with Gasteiger partial charge in [0.25, 0.3) is 0 Å². The average molecular weight is 411 g/mol. The lowest BCUT2D eigenvalue weighted by molar-refractivity contribution is -0.136. The Morgan fingerprint density at radius 1 is 1.13 bits per heavy atom. The Labute approximate surface area is 180 Å². The first-order valence-electron chi connectivity index (χ1n) is 10.8. The molecule has 1 fully saturated rings. The molecule has 2 aromatic carbocycles. The van der Waals surface area contributed by atoms with Crippen LogP contribution >= 0.6 is 0 Å². The van der Waals surface area contributed by atoms with E-state index >= 15 is 0 Å². The van der Waals surface area contributed by atoms with Gasteiger partial charge in [-0.2, -0.15) is 0 Å². The van der Waals surface area contributed by atoms with Crippen LogP contribution in [0.2, 0.25) is 0 Å². The summed E-state index contributed by atoms with van der Waals surface area (Å²) in [5, 5.41) is 3.19.